The minimum atomic E-state index is 0.500. The third-order valence-corrected chi connectivity index (χ3v) is 5.28. The Hall–Kier alpha value is -0.770. The molecule has 20 heavy (non-hydrogen) atoms. The lowest BCUT2D eigenvalue weighted by Crippen LogP contribution is -2.33. The maximum Gasteiger partial charge on any atom is 0.0311 e. The van der Waals surface area contributed by atoms with Gasteiger partial charge in [0, 0.05) is 21.2 Å². The van der Waals surface area contributed by atoms with Crippen LogP contribution in [0.1, 0.15) is 12.5 Å². The number of hydrogen-bond donors (Lipinski definition) is 1. The van der Waals surface area contributed by atoms with E-state index in [0.717, 1.165) is 18.7 Å². The summed E-state index contributed by atoms with van der Waals surface area (Å²) in [5, 5.41) is 3.58. The van der Waals surface area contributed by atoms with E-state index in [-0.39, 0.29) is 0 Å². The molecule has 3 heteroatoms. The highest BCUT2D eigenvalue weighted by Crippen LogP contribution is 2.27. The van der Waals surface area contributed by atoms with E-state index in [9.17, 15) is 0 Å². The first kappa shape index (κ1) is 15.6. The van der Waals surface area contributed by atoms with Gasteiger partial charge in [-0.15, -0.1) is 11.8 Å². The first-order valence-corrected chi connectivity index (χ1v) is 8.72. The minimum Gasteiger partial charge on any atom is -0.313 e. The topological polar surface area (TPSA) is 12.0 Å². The van der Waals surface area contributed by atoms with Crippen LogP contribution in [0.4, 0.5) is 0 Å². The summed E-state index contributed by atoms with van der Waals surface area (Å²) in [6.07, 6.45) is 1.08. The molecule has 1 nitrogen and oxygen atoms in total. The van der Waals surface area contributed by atoms with Gasteiger partial charge in [0.15, 0.2) is 0 Å². The van der Waals surface area contributed by atoms with Crippen molar-refractivity contribution in [2.75, 3.05) is 12.3 Å². The Morgan fingerprint density at radius 1 is 1.05 bits per heavy atom. The molecule has 2 aromatic carbocycles. The average molecular weight is 350 g/mol. The van der Waals surface area contributed by atoms with Crippen LogP contribution in [-0.4, -0.2) is 18.3 Å². The normalized spacial score (nSPS) is 12.3. The number of thioether (sulfide) groups is 1. The molecule has 0 amide bonds. The van der Waals surface area contributed by atoms with Gasteiger partial charge in [-0.3, -0.25) is 0 Å². The fourth-order valence-corrected chi connectivity index (χ4v) is 3.75. The Morgan fingerprint density at radius 3 is 2.45 bits per heavy atom. The molecule has 0 aromatic heterocycles. The first-order valence-electron chi connectivity index (χ1n) is 6.94. The van der Waals surface area contributed by atoms with Crippen LogP contribution in [0.5, 0.6) is 0 Å². The number of likely N-dealkylation sites (N-methyl/N-ethyl adjacent to an activating group) is 1. The number of benzene rings is 2. The van der Waals surface area contributed by atoms with Crippen molar-refractivity contribution in [3.63, 3.8) is 0 Å². The Bertz CT molecular complexity index is 515. The summed E-state index contributed by atoms with van der Waals surface area (Å²) in [6.45, 7) is 3.18. The van der Waals surface area contributed by atoms with Crippen molar-refractivity contribution in [2.45, 2.75) is 24.3 Å². The smallest absolute Gasteiger partial charge is 0.0311 e. The quantitative estimate of drug-likeness (QED) is 0.723. The Labute approximate surface area is 134 Å². The Kier molecular flexibility index (Phi) is 6.64. The second-order valence-electron chi connectivity index (χ2n) is 4.69. The van der Waals surface area contributed by atoms with Gasteiger partial charge < -0.3 is 5.32 Å². The highest BCUT2D eigenvalue weighted by atomic mass is 79.9. The standard InChI is InChI=1S/C17H20BrNS/c1-2-19-15(12-14-8-4-3-5-9-14)13-20-17-11-7-6-10-16(17)18/h3-11,15,19H,2,12-13H2,1H3. The number of nitrogens with one attached hydrogen (secondary N) is 1. The highest BCUT2D eigenvalue weighted by molar-refractivity contribution is 9.10. The molecule has 1 atom stereocenters. The highest BCUT2D eigenvalue weighted by Gasteiger charge is 2.10. The zero-order chi connectivity index (χ0) is 14.2. The third-order valence-electron chi connectivity index (χ3n) is 3.09. The number of hydrogen-bond acceptors (Lipinski definition) is 2. The van der Waals surface area contributed by atoms with Crippen LogP contribution in [0.2, 0.25) is 0 Å². The van der Waals surface area contributed by atoms with Gasteiger partial charge >= 0.3 is 0 Å². The third kappa shape index (κ3) is 4.97. The SMILES string of the molecule is CCNC(CSc1ccccc1Br)Cc1ccccc1. The first-order chi connectivity index (χ1) is 9.79. The van der Waals surface area contributed by atoms with Crippen LogP contribution in [0, 0.1) is 0 Å². The van der Waals surface area contributed by atoms with Gasteiger partial charge in [0.2, 0.25) is 0 Å². The second kappa shape index (κ2) is 8.50. The van der Waals surface area contributed by atoms with Gasteiger partial charge in [0.05, 0.1) is 0 Å². The molecule has 0 bridgehead atoms. The summed E-state index contributed by atoms with van der Waals surface area (Å²) in [4.78, 5) is 1.31. The van der Waals surface area contributed by atoms with Crippen molar-refractivity contribution in [1.82, 2.24) is 5.32 Å². The number of halogens is 1. The van der Waals surface area contributed by atoms with Gasteiger partial charge in [-0.1, -0.05) is 49.4 Å². The fraction of sp³-hybridized carbons (Fsp3) is 0.294. The maximum atomic E-state index is 3.61. The molecule has 106 valence electrons. The zero-order valence-corrected chi connectivity index (χ0v) is 14.1. The van der Waals surface area contributed by atoms with Crippen LogP contribution < -0.4 is 5.32 Å². The molecule has 2 rings (SSSR count). The predicted octanol–water partition coefficient (Wildman–Crippen LogP) is 4.76. The Morgan fingerprint density at radius 2 is 1.75 bits per heavy atom. The molecule has 0 aliphatic rings. The van der Waals surface area contributed by atoms with Gasteiger partial charge in [-0.2, -0.15) is 0 Å². The van der Waals surface area contributed by atoms with Crippen LogP contribution in [0.3, 0.4) is 0 Å². The van der Waals surface area contributed by atoms with Gasteiger partial charge in [-0.05, 0) is 46.6 Å². The van der Waals surface area contributed by atoms with E-state index in [2.05, 4.69) is 82.8 Å². The summed E-state index contributed by atoms with van der Waals surface area (Å²) < 4.78 is 1.18. The van der Waals surface area contributed by atoms with Crippen LogP contribution in [0.15, 0.2) is 64.0 Å². The lowest BCUT2D eigenvalue weighted by molar-refractivity contribution is 0.572. The summed E-state index contributed by atoms with van der Waals surface area (Å²) in [6, 6.07) is 19.6. The van der Waals surface area contributed by atoms with E-state index in [4.69, 9.17) is 0 Å². The monoisotopic (exact) mass is 349 g/mol. The van der Waals surface area contributed by atoms with Crippen molar-refractivity contribution < 1.29 is 0 Å². The minimum absolute atomic E-state index is 0.500. The van der Waals surface area contributed by atoms with Gasteiger partial charge in [0.1, 0.15) is 0 Å². The van der Waals surface area contributed by atoms with E-state index >= 15 is 0 Å². The summed E-state index contributed by atoms with van der Waals surface area (Å²) >= 11 is 5.52. The molecule has 0 saturated heterocycles. The molecule has 0 radical (unpaired) electrons. The van der Waals surface area contributed by atoms with E-state index < -0.39 is 0 Å². The van der Waals surface area contributed by atoms with E-state index in [0.29, 0.717) is 6.04 Å². The molecule has 1 N–H and O–H groups in total. The number of rotatable bonds is 7. The molecular weight excluding hydrogens is 330 g/mol. The molecule has 0 aliphatic carbocycles. The van der Waals surface area contributed by atoms with Crippen LogP contribution in [-0.2, 0) is 6.42 Å². The molecule has 2 aromatic rings. The summed E-state index contributed by atoms with van der Waals surface area (Å²) in [7, 11) is 0. The molecule has 1 unspecified atom stereocenters. The Balaban J connectivity index is 1.94. The van der Waals surface area contributed by atoms with Crippen molar-refractivity contribution in [3.05, 3.63) is 64.6 Å². The van der Waals surface area contributed by atoms with Crippen molar-refractivity contribution in [2.24, 2.45) is 0 Å². The molecule has 0 saturated carbocycles. The van der Waals surface area contributed by atoms with Crippen LogP contribution in [0.25, 0.3) is 0 Å². The van der Waals surface area contributed by atoms with E-state index in [1.54, 1.807) is 0 Å². The van der Waals surface area contributed by atoms with Crippen LogP contribution >= 0.6 is 27.7 Å². The lowest BCUT2D eigenvalue weighted by Gasteiger charge is -2.18. The average Bonchev–Trinajstić information content (AvgIpc) is 2.47. The van der Waals surface area contributed by atoms with Gasteiger partial charge in [-0.25, -0.2) is 0 Å². The van der Waals surface area contributed by atoms with E-state index in [1.165, 1.54) is 14.9 Å². The summed E-state index contributed by atoms with van der Waals surface area (Å²) in [5.74, 6) is 1.07. The molecule has 0 spiro atoms. The predicted molar refractivity (Wildman–Crippen MR) is 92.5 cm³/mol. The van der Waals surface area contributed by atoms with Crippen molar-refractivity contribution >= 4 is 27.7 Å². The zero-order valence-electron chi connectivity index (χ0n) is 11.7. The molecule has 0 aliphatic heterocycles. The second-order valence-corrected chi connectivity index (χ2v) is 6.60. The van der Waals surface area contributed by atoms with Gasteiger partial charge in [0.25, 0.3) is 0 Å². The van der Waals surface area contributed by atoms with Crippen molar-refractivity contribution in [1.29, 1.82) is 0 Å². The summed E-state index contributed by atoms with van der Waals surface area (Å²) in [5.41, 5.74) is 1.39. The van der Waals surface area contributed by atoms with E-state index in [1.807, 2.05) is 11.8 Å². The largest absolute Gasteiger partial charge is 0.313 e. The maximum absolute atomic E-state index is 3.61. The molecule has 0 heterocycles. The molecule has 0 fully saturated rings. The fourth-order valence-electron chi connectivity index (χ4n) is 2.13. The van der Waals surface area contributed by atoms with Crippen molar-refractivity contribution in [3.8, 4) is 0 Å². The lowest BCUT2D eigenvalue weighted by atomic mass is 10.1. The molecular formula is C17H20BrNS.